The van der Waals surface area contributed by atoms with Crippen molar-refractivity contribution in [3.8, 4) is 0 Å². The zero-order valence-corrected chi connectivity index (χ0v) is 11.8. The molecular weight excluding hydrogens is 264 g/mol. The Kier molecular flexibility index (Phi) is 5.09. The third kappa shape index (κ3) is 5.27. The SMILES string of the molecule is CN(CC(C)(C)O)C(=O)NCCn1cnc(C(=O)O)c1. The number of carbonyl (C=O) groups is 2. The van der Waals surface area contributed by atoms with E-state index in [0.717, 1.165) is 0 Å². The van der Waals surface area contributed by atoms with E-state index in [1.54, 1.807) is 25.5 Å². The third-order valence-electron chi connectivity index (χ3n) is 2.47. The lowest BCUT2D eigenvalue weighted by atomic mass is 10.1. The fourth-order valence-electron chi connectivity index (χ4n) is 1.67. The Hall–Kier alpha value is -2.09. The summed E-state index contributed by atoms with van der Waals surface area (Å²) in [5, 5.41) is 21.0. The van der Waals surface area contributed by atoms with Crippen molar-refractivity contribution in [2.45, 2.75) is 26.0 Å². The quantitative estimate of drug-likeness (QED) is 0.681. The van der Waals surface area contributed by atoms with Gasteiger partial charge in [0.2, 0.25) is 0 Å². The molecule has 20 heavy (non-hydrogen) atoms. The average Bonchev–Trinajstić information content (AvgIpc) is 2.75. The molecule has 3 N–H and O–H groups in total. The number of aliphatic hydroxyl groups is 1. The second-order valence-corrected chi connectivity index (χ2v) is 5.20. The average molecular weight is 284 g/mol. The minimum absolute atomic E-state index is 0.0320. The number of nitrogens with zero attached hydrogens (tertiary/aromatic N) is 3. The number of imidazole rings is 1. The summed E-state index contributed by atoms with van der Waals surface area (Å²) in [6, 6.07) is -0.300. The van der Waals surface area contributed by atoms with Gasteiger partial charge in [0.15, 0.2) is 5.69 Å². The van der Waals surface area contributed by atoms with E-state index < -0.39 is 11.6 Å². The molecule has 0 aliphatic carbocycles. The number of nitrogens with one attached hydrogen (secondary N) is 1. The van der Waals surface area contributed by atoms with E-state index in [1.807, 2.05) is 0 Å². The molecule has 1 aromatic heterocycles. The molecule has 0 bridgehead atoms. The van der Waals surface area contributed by atoms with Crippen molar-refractivity contribution < 1.29 is 19.8 Å². The summed E-state index contributed by atoms with van der Waals surface area (Å²) in [7, 11) is 1.59. The molecule has 0 fully saturated rings. The molecule has 112 valence electrons. The van der Waals surface area contributed by atoms with Crippen molar-refractivity contribution in [3.05, 3.63) is 18.2 Å². The summed E-state index contributed by atoms with van der Waals surface area (Å²) >= 11 is 0. The number of amides is 2. The van der Waals surface area contributed by atoms with Crippen molar-refractivity contribution in [1.82, 2.24) is 19.8 Å². The standard InChI is InChI=1S/C12H20N4O4/c1-12(2,20)7-15(3)11(19)13-4-5-16-6-9(10(17)18)14-8-16/h6,8,20H,4-5,7H2,1-3H3,(H,13,19)(H,17,18). The Morgan fingerprint density at radius 2 is 2.15 bits per heavy atom. The van der Waals surface area contributed by atoms with Gasteiger partial charge in [-0.1, -0.05) is 0 Å². The summed E-state index contributed by atoms with van der Waals surface area (Å²) < 4.78 is 1.58. The highest BCUT2D eigenvalue weighted by molar-refractivity contribution is 5.84. The third-order valence-corrected chi connectivity index (χ3v) is 2.47. The fraction of sp³-hybridized carbons (Fsp3) is 0.583. The van der Waals surface area contributed by atoms with Crippen molar-refractivity contribution in [2.24, 2.45) is 0 Å². The Morgan fingerprint density at radius 3 is 2.65 bits per heavy atom. The van der Waals surface area contributed by atoms with Crippen molar-refractivity contribution in [3.63, 3.8) is 0 Å². The first-order chi connectivity index (χ1) is 9.19. The van der Waals surface area contributed by atoms with Crippen LogP contribution in [0.1, 0.15) is 24.3 Å². The van der Waals surface area contributed by atoms with Crippen LogP contribution in [0.4, 0.5) is 4.79 Å². The Labute approximate surface area is 117 Å². The van der Waals surface area contributed by atoms with Gasteiger partial charge < -0.3 is 25.0 Å². The molecular formula is C12H20N4O4. The van der Waals surface area contributed by atoms with E-state index in [2.05, 4.69) is 10.3 Å². The second kappa shape index (κ2) is 6.38. The summed E-state index contributed by atoms with van der Waals surface area (Å²) in [6.07, 6.45) is 2.80. The lowest BCUT2D eigenvalue weighted by Gasteiger charge is -2.25. The van der Waals surface area contributed by atoms with Gasteiger partial charge >= 0.3 is 12.0 Å². The molecule has 1 rings (SSSR count). The molecule has 0 atom stereocenters. The highest BCUT2D eigenvalue weighted by atomic mass is 16.4. The minimum Gasteiger partial charge on any atom is -0.476 e. The van der Waals surface area contributed by atoms with Crippen LogP contribution >= 0.6 is 0 Å². The molecule has 0 spiro atoms. The molecule has 0 aliphatic heterocycles. The highest BCUT2D eigenvalue weighted by Gasteiger charge is 2.18. The van der Waals surface area contributed by atoms with E-state index in [1.165, 1.54) is 17.4 Å². The van der Waals surface area contributed by atoms with Crippen LogP contribution in [0.3, 0.4) is 0 Å². The zero-order valence-electron chi connectivity index (χ0n) is 11.8. The van der Waals surface area contributed by atoms with Crippen molar-refractivity contribution in [1.29, 1.82) is 0 Å². The van der Waals surface area contributed by atoms with E-state index in [-0.39, 0.29) is 18.3 Å². The number of carboxylic acids is 1. The molecule has 8 heteroatoms. The summed E-state index contributed by atoms with van der Waals surface area (Å²) in [4.78, 5) is 27.4. The van der Waals surface area contributed by atoms with E-state index in [9.17, 15) is 14.7 Å². The molecule has 8 nitrogen and oxygen atoms in total. The van der Waals surface area contributed by atoms with Crippen LogP contribution in [0.2, 0.25) is 0 Å². The van der Waals surface area contributed by atoms with Crippen LogP contribution in [0, 0.1) is 0 Å². The molecule has 0 aliphatic rings. The van der Waals surface area contributed by atoms with Gasteiger partial charge in [-0.15, -0.1) is 0 Å². The Bertz CT molecular complexity index is 478. The van der Waals surface area contributed by atoms with E-state index in [0.29, 0.717) is 13.1 Å². The first kappa shape index (κ1) is 16.0. The molecule has 2 amide bonds. The number of aromatic nitrogens is 2. The fourth-order valence-corrected chi connectivity index (χ4v) is 1.67. The predicted octanol–water partition coefficient (Wildman–Crippen LogP) is -0.00640. The lowest BCUT2D eigenvalue weighted by molar-refractivity contribution is 0.0532. The molecule has 0 unspecified atom stereocenters. The van der Waals surface area contributed by atoms with Gasteiger partial charge in [0.1, 0.15) is 0 Å². The van der Waals surface area contributed by atoms with Gasteiger partial charge in [-0.25, -0.2) is 14.6 Å². The number of carboxylic acid groups (broad SMARTS) is 1. The molecule has 0 saturated heterocycles. The first-order valence-electron chi connectivity index (χ1n) is 6.15. The van der Waals surface area contributed by atoms with Crippen LogP contribution in [-0.4, -0.2) is 62.4 Å². The maximum absolute atomic E-state index is 11.7. The molecule has 1 aromatic rings. The zero-order chi connectivity index (χ0) is 15.3. The lowest BCUT2D eigenvalue weighted by Crippen LogP contribution is -2.45. The van der Waals surface area contributed by atoms with Gasteiger partial charge in [0, 0.05) is 26.3 Å². The van der Waals surface area contributed by atoms with Gasteiger partial charge in [-0.2, -0.15) is 0 Å². The number of urea groups is 1. The monoisotopic (exact) mass is 284 g/mol. The number of rotatable bonds is 6. The largest absolute Gasteiger partial charge is 0.476 e. The number of hydrogen-bond donors (Lipinski definition) is 3. The number of hydrogen-bond acceptors (Lipinski definition) is 4. The topological polar surface area (TPSA) is 108 Å². The number of aromatic carboxylic acids is 1. The van der Waals surface area contributed by atoms with Gasteiger partial charge in [-0.3, -0.25) is 0 Å². The minimum atomic E-state index is -1.09. The maximum atomic E-state index is 11.7. The second-order valence-electron chi connectivity index (χ2n) is 5.20. The number of likely N-dealkylation sites (N-methyl/N-ethyl adjacent to an activating group) is 1. The van der Waals surface area contributed by atoms with Crippen LogP contribution in [0.25, 0.3) is 0 Å². The van der Waals surface area contributed by atoms with Gasteiger partial charge in [0.25, 0.3) is 0 Å². The Balaban J connectivity index is 2.36. The van der Waals surface area contributed by atoms with E-state index >= 15 is 0 Å². The predicted molar refractivity (Wildman–Crippen MR) is 71.5 cm³/mol. The highest BCUT2D eigenvalue weighted by Crippen LogP contribution is 2.03. The van der Waals surface area contributed by atoms with Gasteiger partial charge in [-0.05, 0) is 13.8 Å². The molecule has 0 saturated carbocycles. The smallest absolute Gasteiger partial charge is 0.356 e. The Morgan fingerprint density at radius 1 is 1.50 bits per heavy atom. The van der Waals surface area contributed by atoms with Crippen LogP contribution < -0.4 is 5.32 Å². The van der Waals surface area contributed by atoms with Gasteiger partial charge in [0.05, 0.1) is 18.5 Å². The van der Waals surface area contributed by atoms with E-state index in [4.69, 9.17) is 5.11 Å². The van der Waals surface area contributed by atoms with Crippen molar-refractivity contribution >= 4 is 12.0 Å². The maximum Gasteiger partial charge on any atom is 0.356 e. The molecule has 0 radical (unpaired) electrons. The molecule has 0 aromatic carbocycles. The summed E-state index contributed by atoms with van der Waals surface area (Å²) in [5.74, 6) is -1.09. The van der Waals surface area contributed by atoms with Crippen LogP contribution in [-0.2, 0) is 6.54 Å². The summed E-state index contributed by atoms with van der Waals surface area (Å²) in [6.45, 7) is 4.21. The van der Waals surface area contributed by atoms with Crippen molar-refractivity contribution in [2.75, 3.05) is 20.1 Å². The number of carbonyl (C=O) groups excluding carboxylic acids is 1. The molecule has 1 heterocycles. The van der Waals surface area contributed by atoms with Crippen LogP contribution in [0.5, 0.6) is 0 Å². The normalized spacial score (nSPS) is 11.2. The summed E-state index contributed by atoms with van der Waals surface area (Å²) in [5.41, 5.74) is -0.984. The first-order valence-corrected chi connectivity index (χ1v) is 6.15. The van der Waals surface area contributed by atoms with Crippen LogP contribution in [0.15, 0.2) is 12.5 Å².